The molecule has 0 aromatic heterocycles. The second-order valence-electron chi connectivity index (χ2n) is 7.19. The van der Waals surface area contributed by atoms with Crippen molar-refractivity contribution in [3.63, 3.8) is 0 Å². The van der Waals surface area contributed by atoms with Gasteiger partial charge in [0.15, 0.2) is 0 Å². The Morgan fingerprint density at radius 3 is 2.32 bits per heavy atom. The monoisotopic (exact) mass is 347 g/mol. The lowest BCUT2D eigenvalue weighted by Crippen LogP contribution is -2.49. The van der Waals surface area contributed by atoms with Crippen LogP contribution in [-0.2, 0) is 14.3 Å². The van der Waals surface area contributed by atoms with Gasteiger partial charge in [-0.1, -0.05) is 24.3 Å². The van der Waals surface area contributed by atoms with Crippen LogP contribution < -0.4 is 16.2 Å². The quantitative estimate of drug-likeness (QED) is 0.727. The summed E-state index contributed by atoms with van der Waals surface area (Å²) in [6.07, 6.45) is 0.961. The molecule has 1 saturated carbocycles. The van der Waals surface area contributed by atoms with Crippen molar-refractivity contribution >= 4 is 17.9 Å². The highest BCUT2D eigenvalue weighted by Crippen LogP contribution is 2.28. The van der Waals surface area contributed by atoms with Crippen LogP contribution >= 0.6 is 0 Å². The molecule has 0 saturated heterocycles. The first-order valence-electron chi connectivity index (χ1n) is 8.32. The van der Waals surface area contributed by atoms with Gasteiger partial charge in [0.2, 0.25) is 5.91 Å². The van der Waals surface area contributed by atoms with E-state index in [1.54, 1.807) is 32.9 Å². The summed E-state index contributed by atoms with van der Waals surface area (Å²) in [5, 5.41) is 2.57. The number of amides is 3. The summed E-state index contributed by atoms with van der Waals surface area (Å²) in [7, 11) is 0. The van der Waals surface area contributed by atoms with Crippen LogP contribution in [0, 0.1) is 12.8 Å². The van der Waals surface area contributed by atoms with Crippen LogP contribution in [0.4, 0.5) is 4.79 Å². The zero-order valence-corrected chi connectivity index (χ0v) is 15.0. The van der Waals surface area contributed by atoms with Gasteiger partial charge in [0, 0.05) is 5.92 Å². The molecule has 25 heavy (non-hydrogen) atoms. The van der Waals surface area contributed by atoms with E-state index >= 15 is 0 Å². The summed E-state index contributed by atoms with van der Waals surface area (Å²) in [5.41, 5.74) is 5.58. The molecule has 0 bridgehead atoms. The van der Waals surface area contributed by atoms with Crippen molar-refractivity contribution in [3.05, 3.63) is 35.4 Å². The standard InChI is InChI=1S/C18H25N3O4/c1-11-7-5-6-8-13(11)14(19-17(24)25-18(2,3)4)16(23)21-20-15(22)12-9-10-12/h5-8,12,14H,9-10H2,1-4H3,(H,19,24)(H,20,22)(H,21,23)/t14-/m0/s1. The fourth-order valence-electron chi connectivity index (χ4n) is 2.26. The molecule has 0 spiro atoms. The highest BCUT2D eigenvalue weighted by molar-refractivity contribution is 5.90. The van der Waals surface area contributed by atoms with Crippen LogP contribution in [0.2, 0.25) is 0 Å². The fourth-order valence-corrected chi connectivity index (χ4v) is 2.26. The van der Waals surface area contributed by atoms with Crippen molar-refractivity contribution in [1.82, 2.24) is 16.2 Å². The molecular formula is C18H25N3O4. The van der Waals surface area contributed by atoms with Crippen molar-refractivity contribution in [3.8, 4) is 0 Å². The predicted molar refractivity (Wildman–Crippen MR) is 92.3 cm³/mol. The molecule has 0 unspecified atom stereocenters. The third kappa shape index (κ3) is 5.77. The van der Waals surface area contributed by atoms with E-state index in [1.165, 1.54) is 0 Å². The highest BCUT2D eigenvalue weighted by atomic mass is 16.6. The first-order valence-corrected chi connectivity index (χ1v) is 8.32. The molecule has 3 amide bonds. The molecule has 1 aliphatic carbocycles. The van der Waals surface area contributed by atoms with Gasteiger partial charge < -0.3 is 10.1 Å². The minimum Gasteiger partial charge on any atom is -0.444 e. The molecule has 0 aliphatic heterocycles. The summed E-state index contributed by atoms with van der Waals surface area (Å²) < 4.78 is 5.24. The van der Waals surface area contributed by atoms with E-state index in [4.69, 9.17) is 4.74 Å². The Morgan fingerprint density at radius 1 is 1.12 bits per heavy atom. The molecule has 1 aromatic rings. The molecular weight excluding hydrogens is 322 g/mol. The normalized spacial score (nSPS) is 15.0. The maximum absolute atomic E-state index is 12.5. The first-order chi connectivity index (χ1) is 11.7. The minimum absolute atomic E-state index is 0.0315. The number of nitrogens with one attached hydrogen (secondary N) is 3. The van der Waals surface area contributed by atoms with Crippen molar-refractivity contribution in [2.45, 2.75) is 52.2 Å². The van der Waals surface area contributed by atoms with E-state index in [2.05, 4.69) is 16.2 Å². The number of hydrogen-bond donors (Lipinski definition) is 3. The second-order valence-corrected chi connectivity index (χ2v) is 7.19. The number of carbonyl (C=O) groups is 3. The number of aryl methyl sites for hydroxylation is 1. The van der Waals surface area contributed by atoms with E-state index in [0.717, 1.165) is 18.4 Å². The van der Waals surface area contributed by atoms with Gasteiger partial charge in [0.1, 0.15) is 11.6 Å². The number of hydrogen-bond acceptors (Lipinski definition) is 4. The van der Waals surface area contributed by atoms with Gasteiger partial charge in [-0.2, -0.15) is 0 Å². The Labute approximate surface area is 147 Å². The second kappa shape index (κ2) is 7.55. The summed E-state index contributed by atoms with van der Waals surface area (Å²) in [5.74, 6) is -0.778. The van der Waals surface area contributed by atoms with E-state index in [1.807, 2.05) is 19.1 Å². The van der Waals surface area contributed by atoms with E-state index in [9.17, 15) is 14.4 Å². The Bertz CT molecular complexity index is 663. The lowest BCUT2D eigenvalue weighted by molar-refractivity contribution is -0.130. The summed E-state index contributed by atoms with van der Waals surface area (Å²) in [6.45, 7) is 7.07. The average Bonchev–Trinajstić information content (AvgIpc) is 3.34. The molecule has 0 radical (unpaired) electrons. The van der Waals surface area contributed by atoms with Crippen molar-refractivity contribution in [2.24, 2.45) is 5.92 Å². The highest BCUT2D eigenvalue weighted by Gasteiger charge is 2.31. The molecule has 2 rings (SSSR count). The van der Waals surface area contributed by atoms with E-state index in [-0.39, 0.29) is 11.8 Å². The molecule has 7 heteroatoms. The largest absolute Gasteiger partial charge is 0.444 e. The molecule has 1 aromatic carbocycles. The number of rotatable bonds is 4. The first kappa shape index (κ1) is 18.8. The Hall–Kier alpha value is -2.57. The maximum atomic E-state index is 12.5. The molecule has 1 atom stereocenters. The predicted octanol–water partition coefficient (Wildman–Crippen LogP) is 2.12. The van der Waals surface area contributed by atoms with E-state index in [0.29, 0.717) is 5.56 Å². The number of benzene rings is 1. The van der Waals surface area contributed by atoms with Crippen molar-refractivity contribution in [1.29, 1.82) is 0 Å². The topological polar surface area (TPSA) is 96.5 Å². The van der Waals surface area contributed by atoms with Crippen molar-refractivity contribution < 1.29 is 19.1 Å². The van der Waals surface area contributed by atoms with Crippen LogP contribution in [0.5, 0.6) is 0 Å². The van der Waals surface area contributed by atoms with Crippen LogP contribution in [0.25, 0.3) is 0 Å². The number of ether oxygens (including phenoxy) is 1. The molecule has 1 fully saturated rings. The zero-order valence-electron chi connectivity index (χ0n) is 15.0. The van der Waals surface area contributed by atoms with Gasteiger partial charge in [-0.3, -0.25) is 20.4 Å². The van der Waals surface area contributed by atoms with Gasteiger partial charge in [-0.05, 0) is 51.7 Å². The van der Waals surface area contributed by atoms with Gasteiger partial charge >= 0.3 is 6.09 Å². The van der Waals surface area contributed by atoms with E-state index < -0.39 is 23.6 Å². The minimum atomic E-state index is -0.976. The summed E-state index contributed by atoms with van der Waals surface area (Å²) in [6, 6.07) is 6.24. The smallest absolute Gasteiger partial charge is 0.408 e. The number of carbonyl (C=O) groups excluding carboxylic acids is 3. The zero-order chi connectivity index (χ0) is 18.6. The fraction of sp³-hybridized carbons (Fsp3) is 0.500. The molecule has 7 nitrogen and oxygen atoms in total. The van der Waals surface area contributed by atoms with Gasteiger partial charge in [0.25, 0.3) is 5.91 Å². The lowest BCUT2D eigenvalue weighted by atomic mass is 10.0. The third-order valence-corrected chi connectivity index (χ3v) is 3.68. The van der Waals surface area contributed by atoms with Crippen LogP contribution in [0.1, 0.15) is 50.8 Å². The third-order valence-electron chi connectivity index (χ3n) is 3.68. The van der Waals surface area contributed by atoms with Crippen LogP contribution in [-0.4, -0.2) is 23.5 Å². The summed E-state index contributed by atoms with van der Waals surface area (Å²) >= 11 is 0. The Kier molecular flexibility index (Phi) is 5.66. The molecule has 0 heterocycles. The van der Waals surface area contributed by atoms with Crippen LogP contribution in [0.3, 0.4) is 0 Å². The summed E-state index contributed by atoms with van der Waals surface area (Å²) in [4.78, 5) is 36.4. The van der Waals surface area contributed by atoms with Gasteiger partial charge in [-0.25, -0.2) is 4.79 Å². The Morgan fingerprint density at radius 2 is 1.76 bits per heavy atom. The molecule has 3 N–H and O–H groups in total. The van der Waals surface area contributed by atoms with Crippen molar-refractivity contribution in [2.75, 3.05) is 0 Å². The SMILES string of the molecule is Cc1ccccc1[C@H](NC(=O)OC(C)(C)C)C(=O)NNC(=O)C1CC1. The maximum Gasteiger partial charge on any atom is 0.408 e. The van der Waals surface area contributed by atoms with Crippen LogP contribution in [0.15, 0.2) is 24.3 Å². The molecule has 1 aliphatic rings. The average molecular weight is 347 g/mol. The molecule has 136 valence electrons. The number of alkyl carbamates (subject to hydrolysis) is 1. The number of hydrazine groups is 1. The lowest BCUT2D eigenvalue weighted by Gasteiger charge is -2.24. The Balaban J connectivity index is 2.10. The van der Waals surface area contributed by atoms with Gasteiger partial charge in [0.05, 0.1) is 0 Å². The van der Waals surface area contributed by atoms with Gasteiger partial charge in [-0.15, -0.1) is 0 Å².